The number of aromatic nitrogens is 2. The first-order valence-electron chi connectivity index (χ1n) is 6.07. The van der Waals surface area contributed by atoms with Crippen LogP contribution in [0.5, 0.6) is 0 Å². The third kappa shape index (κ3) is 3.24. The van der Waals surface area contributed by atoms with E-state index in [1.165, 1.54) is 11.3 Å². The van der Waals surface area contributed by atoms with Crippen LogP contribution in [0.4, 0.5) is 0 Å². The van der Waals surface area contributed by atoms with Crippen LogP contribution in [-0.2, 0) is 11.8 Å². The van der Waals surface area contributed by atoms with Gasteiger partial charge in [-0.05, 0) is 18.4 Å². The number of carbonyl (C=O) groups excluding carboxylic acids is 1. The molecule has 0 radical (unpaired) electrons. The van der Waals surface area contributed by atoms with E-state index >= 15 is 0 Å². The number of nitrogens with zero attached hydrogens (tertiary/aromatic N) is 2. The zero-order valence-corrected chi connectivity index (χ0v) is 12.0. The Bertz CT molecular complexity index is 619. The highest BCUT2D eigenvalue weighted by Gasteiger charge is 2.20. The molecule has 1 atom stereocenters. The van der Waals surface area contributed by atoms with Crippen molar-refractivity contribution in [3.05, 3.63) is 29.3 Å². The Morgan fingerprint density at radius 3 is 2.90 bits per heavy atom. The number of rotatable bonds is 5. The quantitative estimate of drug-likeness (QED) is 0.879. The van der Waals surface area contributed by atoms with Gasteiger partial charge in [-0.25, -0.2) is 0 Å². The Balaban J connectivity index is 2.20. The molecule has 0 aliphatic carbocycles. The van der Waals surface area contributed by atoms with Crippen LogP contribution in [0.15, 0.2) is 23.7 Å². The maximum atomic E-state index is 12.2. The molecule has 0 saturated heterocycles. The van der Waals surface area contributed by atoms with Gasteiger partial charge in [0.25, 0.3) is 5.91 Å². The second kappa shape index (κ2) is 5.87. The van der Waals surface area contributed by atoms with Crippen molar-refractivity contribution in [3.63, 3.8) is 0 Å². The van der Waals surface area contributed by atoms with Gasteiger partial charge in [-0.15, -0.1) is 11.3 Å². The van der Waals surface area contributed by atoms with Crippen molar-refractivity contribution in [3.8, 4) is 10.6 Å². The van der Waals surface area contributed by atoms with Gasteiger partial charge in [-0.2, -0.15) is 5.10 Å². The SMILES string of the molecule is CC(CC(=O)O)NC(=O)c1cn(C)nc1-c1cccs1. The van der Waals surface area contributed by atoms with Crippen molar-refractivity contribution in [2.75, 3.05) is 0 Å². The van der Waals surface area contributed by atoms with E-state index < -0.39 is 12.0 Å². The number of carbonyl (C=O) groups is 2. The first-order chi connectivity index (χ1) is 9.47. The van der Waals surface area contributed by atoms with Gasteiger partial charge in [-0.3, -0.25) is 14.3 Å². The van der Waals surface area contributed by atoms with E-state index in [9.17, 15) is 9.59 Å². The molecular formula is C13H15N3O3S. The van der Waals surface area contributed by atoms with Crippen LogP contribution in [0.1, 0.15) is 23.7 Å². The Kier molecular flexibility index (Phi) is 4.19. The highest BCUT2D eigenvalue weighted by atomic mass is 32.1. The summed E-state index contributed by atoms with van der Waals surface area (Å²) in [5.74, 6) is -1.25. The summed E-state index contributed by atoms with van der Waals surface area (Å²) < 4.78 is 1.58. The lowest BCUT2D eigenvalue weighted by Gasteiger charge is -2.11. The van der Waals surface area contributed by atoms with E-state index in [1.807, 2.05) is 17.5 Å². The standard InChI is InChI=1S/C13H15N3O3S/c1-8(6-11(17)18)14-13(19)9-7-16(2)15-12(9)10-4-3-5-20-10/h3-5,7-8H,6H2,1-2H3,(H,14,19)(H,17,18). The van der Waals surface area contributed by atoms with E-state index in [0.717, 1.165) is 4.88 Å². The summed E-state index contributed by atoms with van der Waals surface area (Å²) in [6.45, 7) is 1.66. The molecule has 7 heteroatoms. The Labute approximate surface area is 120 Å². The summed E-state index contributed by atoms with van der Waals surface area (Å²) in [6, 6.07) is 3.35. The summed E-state index contributed by atoms with van der Waals surface area (Å²) in [4.78, 5) is 23.7. The molecule has 0 saturated carbocycles. The molecule has 20 heavy (non-hydrogen) atoms. The highest BCUT2D eigenvalue weighted by Crippen LogP contribution is 2.26. The molecule has 0 fully saturated rings. The molecule has 2 heterocycles. The molecule has 2 N–H and O–H groups in total. The lowest BCUT2D eigenvalue weighted by molar-refractivity contribution is -0.137. The van der Waals surface area contributed by atoms with Crippen molar-refractivity contribution < 1.29 is 14.7 Å². The molecule has 2 aromatic heterocycles. The summed E-state index contributed by atoms with van der Waals surface area (Å²) >= 11 is 1.50. The average Bonchev–Trinajstić information content (AvgIpc) is 2.95. The number of aliphatic carboxylic acids is 1. The average molecular weight is 293 g/mol. The normalized spacial score (nSPS) is 12.1. The molecule has 0 aliphatic heterocycles. The van der Waals surface area contributed by atoms with Gasteiger partial charge in [0.2, 0.25) is 0 Å². The van der Waals surface area contributed by atoms with Crippen LogP contribution in [0, 0.1) is 0 Å². The number of carboxylic acids is 1. The van der Waals surface area contributed by atoms with Crippen LogP contribution >= 0.6 is 11.3 Å². The van der Waals surface area contributed by atoms with E-state index in [-0.39, 0.29) is 12.3 Å². The predicted octanol–water partition coefficient (Wildman–Crippen LogP) is 1.74. The van der Waals surface area contributed by atoms with Crippen LogP contribution in [-0.4, -0.2) is 32.8 Å². The molecule has 1 unspecified atom stereocenters. The minimum absolute atomic E-state index is 0.111. The van der Waals surface area contributed by atoms with Gasteiger partial charge in [0.05, 0.1) is 16.9 Å². The molecule has 2 rings (SSSR count). The zero-order valence-electron chi connectivity index (χ0n) is 11.2. The third-order valence-corrected chi connectivity index (χ3v) is 3.56. The maximum Gasteiger partial charge on any atom is 0.305 e. The van der Waals surface area contributed by atoms with Crippen molar-refractivity contribution in [2.45, 2.75) is 19.4 Å². The molecule has 1 amide bonds. The first kappa shape index (κ1) is 14.3. The van der Waals surface area contributed by atoms with Crippen molar-refractivity contribution in [1.82, 2.24) is 15.1 Å². The summed E-state index contributed by atoms with van der Waals surface area (Å²) in [5, 5.41) is 17.6. The smallest absolute Gasteiger partial charge is 0.305 e. The fourth-order valence-corrected chi connectivity index (χ4v) is 2.59. The number of hydrogen-bond acceptors (Lipinski definition) is 4. The summed E-state index contributed by atoms with van der Waals surface area (Å²) in [7, 11) is 1.74. The third-order valence-electron chi connectivity index (χ3n) is 2.69. The number of hydrogen-bond donors (Lipinski definition) is 2. The number of amides is 1. The van der Waals surface area contributed by atoms with Crippen LogP contribution in [0.3, 0.4) is 0 Å². The fraction of sp³-hybridized carbons (Fsp3) is 0.308. The van der Waals surface area contributed by atoms with Crippen LogP contribution in [0.2, 0.25) is 0 Å². The first-order valence-corrected chi connectivity index (χ1v) is 6.95. The monoisotopic (exact) mass is 293 g/mol. The highest BCUT2D eigenvalue weighted by molar-refractivity contribution is 7.13. The Morgan fingerprint density at radius 2 is 2.30 bits per heavy atom. The molecule has 2 aromatic rings. The van der Waals surface area contributed by atoms with Crippen LogP contribution < -0.4 is 5.32 Å². The minimum Gasteiger partial charge on any atom is -0.481 e. The summed E-state index contributed by atoms with van der Waals surface area (Å²) in [6.07, 6.45) is 1.53. The van der Waals surface area contributed by atoms with Gasteiger partial charge in [0.15, 0.2) is 0 Å². The number of aryl methyl sites for hydroxylation is 1. The number of thiophene rings is 1. The van der Waals surface area contributed by atoms with Gasteiger partial charge in [0.1, 0.15) is 5.69 Å². The van der Waals surface area contributed by atoms with Gasteiger partial charge in [-0.1, -0.05) is 6.07 Å². The molecule has 0 bridgehead atoms. The fourth-order valence-electron chi connectivity index (χ4n) is 1.86. The predicted molar refractivity (Wildman–Crippen MR) is 75.7 cm³/mol. The van der Waals surface area contributed by atoms with E-state index in [1.54, 1.807) is 24.9 Å². The second-order valence-electron chi connectivity index (χ2n) is 4.51. The minimum atomic E-state index is -0.942. The van der Waals surface area contributed by atoms with Crippen molar-refractivity contribution in [2.24, 2.45) is 7.05 Å². The largest absolute Gasteiger partial charge is 0.481 e. The molecule has 0 spiro atoms. The Morgan fingerprint density at radius 1 is 1.55 bits per heavy atom. The molecule has 6 nitrogen and oxygen atoms in total. The molecular weight excluding hydrogens is 278 g/mol. The van der Waals surface area contributed by atoms with Gasteiger partial charge < -0.3 is 10.4 Å². The van der Waals surface area contributed by atoms with Gasteiger partial charge in [0, 0.05) is 19.3 Å². The van der Waals surface area contributed by atoms with Crippen molar-refractivity contribution in [1.29, 1.82) is 0 Å². The lowest BCUT2D eigenvalue weighted by atomic mass is 10.1. The van der Waals surface area contributed by atoms with E-state index in [0.29, 0.717) is 11.3 Å². The molecule has 106 valence electrons. The lowest BCUT2D eigenvalue weighted by Crippen LogP contribution is -2.34. The number of nitrogens with one attached hydrogen (secondary N) is 1. The Hall–Kier alpha value is -2.15. The maximum absolute atomic E-state index is 12.2. The molecule has 0 aromatic carbocycles. The van der Waals surface area contributed by atoms with Gasteiger partial charge >= 0.3 is 5.97 Å². The van der Waals surface area contributed by atoms with Crippen LogP contribution in [0.25, 0.3) is 10.6 Å². The van der Waals surface area contributed by atoms with E-state index in [2.05, 4.69) is 10.4 Å². The zero-order chi connectivity index (χ0) is 14.7. The summed E-state index contributed by atoms with van der Waals surface area (Å²) in [5.41, 5.74) is 1.06. The second-order valence-corrected chi connectivity index (χ2v) is 5.46. The van der Waals surface area contributed by atoms with Crippen molar-refractivity contribution >= 4 is 23.2 Å². The topological polar surface area (TPSA) is 84.2 Å². The molecule has 0 aliphatic rings. The number of carboxylic acid groups (broad SMARTS) is 1. The van der Waals surface area contributed by atoms with E-state index in [4.69, 9.17) is 5.11 Å².